The zero-order valence-corrected chi connectivity index (χ0v) is 17.2. The lowest BCUT2D eigenvalue weighted by atomic mass is 10.1. The molecule has 0 radical (unpaired) electrons. The predicted octanol–water partition coefficient (Wildman–Crippen LogP) is 3.21. The molecule has 0 rings (SSSR count). The van der Waals surface area contributed by atoms with Crippen LogP contribution in [0.5, 0.6) is 0 Å². The van der Waals surface area contributed by atoms with Gasteiger partial charge in [0.2, 0.25) is 5.91 Å². The van der Waals surface area contributed by atoms with Crippen molar-refractivity contribution in [2.75, 3.05) is 27.2 Å². The van der Waals surface area contributed by atoms with Crippen molar-refractivity contribution in [3.05, 3.63) is 12.3 Å². The summed E-state index contributed by atoms with van der Waals surface area (Å²) in [5.74, 6) is -0.0347. The number of carbonyl (C=O) groups is 2. The normalized spacial score (nSPS) is 9.48. The summed E-state index contributed by atoms with van der Waals surface area (Å²) in [6.45, 7) is 20.4. The fraction of sp³-hybridized carbons (Fsp3) is 0.778. The lowest BCUT2D eigenvalue weighted by Gasteiger charge is -2.29. The molecule has 0 aromatic carbocycles. The molecule has 0 fully saturated rings. The van der Waals surface area contributed by atoms with Gasteiger partial charge in [0.05, 0.1) is 6.04 Å². The second kappa shape index (κ2) is 22.9. The highest BCUT2D eigenvalue weighted by atomic mass is 16.2. The number of rotatable bonds is 8. The molecule has 1 unspecified atom stereocenters. The van der Waals surface area contributed by atoms with Gasteiger partial charge in [0.1, 0.15) is 5.78 Å². The van der Waals surface area contributed by atoms with Gasteiger partial charge in [-0.15, -0.1) is 0 Å². The highest BCUT2D eigenvalue weighted by molar-refractivity contribution is 5.79. The van der Waals surface area contributed by atoms with E-state index in [9.17, 15) is 9.59 Å². The summed E-state index contributed by atoms with van der Waals surface area (Å²) in [6, 6.07) is -0.276. The van der Waals surface area contributed by atoms with Crippen LogP contribution in [0.25, 0.3) is 0 Å². The van der Waals surface area contributed by atoms with Gasteiger partial charge >= 0.3 is 0 Å². The van der Waals surface area contributed by atoms with Gasteiger partial charge in [-0.25, -0.2) is 0 Å². The minimum Gasteiger partial charge on any atom is -0.386 e. The molecule has 0 spiro atoms. The van der Waals surface area contributed by atoms with E-state index in [4.69, 9.17) is 0 Å². The van der Waals surface area contributed by atoms with E-state index < -0.39 is 0 Å². The molecular weight excluding hydrogens is 290 g/mol. The molecule has 0 aromatic heterocycles. The molecule has 1 atom stereocenters. The summed E-state index contributed by atoms with van der Waals surface area (Å²) in [5, 5.41) is 6.13. The van der Waals surface area contributed by atoms with Crippen molar-refractivity contribution in [1.82, 2.24) is 15.5 Å². The van der Waals surface area contributed by atoms with Crippen molar-refractivity contribution in [1.29, 1.82) is 0 Å². The lowest BCUT2D eigenvalue weighted by molar-refractivity contribution is -0.129. The van der Waals surface area contributed by atoms with Gasteiger partial charge in [0, 0.05) is 39.2 Å². The zero-order valence-electron chi connectivity index (χ0n) is 17.2. The first-order valence-corrected chi connectivity index (χ1v) is 8.70. The zero-order chi connectivity index (χ0) is 19.4. The Morgan fingerprint density at radius 3 is 1.74 bits per heavy atom. The molecule has 140 valence electrons. The van der Waals surface area contributed by atoms with Crippen molar-refractivity contribution in [3.8, 4) is 0 Å². The van der Waals surface area contributed by atoms with Crippen LogP contribution in [0.4, 0.5) is 0 Å². The van der Waals surface area contributed by atoms with Crippen LogP contribution in [0.3, 0.4) is 0 Å². The average molecular weight is 332 g/mol. The van der Waals surface area contributed by atoms with Crippen LogP contribution in [-0.4, -0.2) is 49.8 Å². The Labute approximate surface area is 144 Å². The molecule has 0 saturated heterocycles. The molecule has 0 aliphatic rings. The van der Waals surface area contributed by atoms with Crippen LogP contribution in [0.15, 0.2) is 12.3 Å². The number of hydrogen-bond acceptors (Lipinski definition) is 4. The third kappa shape index (κ3) is 18.6. The molecule has 0 heterocycles. The predicted molar refractivity (Wildman–Crippen MR) is 103 cm³/mol. The van der Waals surface area contributed by atoms with Gasteiger partial charge in [0.25, 0.3) is 0 Å². The van der Waals surface area contributed by atoms with Gasteiger partial charge in [-0.2, -0.15) is 0 Å². The maximum atomic E-state index is 11.3. The second-order valence-corrected chi connectivity index (χ2v) is 4.11. The molecule has 0 saturated carbocycles. The van der Waals surface area contributed by atoms with Crippen LogP contribution in [0.1, 0.15) is 61.8 Å². The van der Waals surface area contributed by atoms with Crippen molar-refractivity contribution in [3.63, 3.8) is 0 Å². The topological polar surface area (TPSA) is 61.4 Å². The molecular formula is C18H41N3O2. The van der Waals surface area contributed by atoms with Gasteiger partial charge in [-0.05, 0) is 14.0 Å². The van der Waals surface area contributed by atoms with Crippen molar-refractivity contribution < 1.29 is 9.59 Å². The summed E-state index contributed by atoms with van der Waals surface area (Å²) in [7, 11) is 3.54. The Bertz CT molecular complexity index is 292. The number of nitrogens with zero attached hydrogens (tertiary/aromatic N) is 1. The summed E-state index contributed by atoms with van der Waals surface area (Å²) in [5.41, 5.74) is 0.702. The minimum absolute atomic E-state index is 0.0414. The van der Waals surface area contributed by atoms with Crippen LogP contribution in [0, 0.1) is 0 Å². The quantitative estimate of drug-likeness (QED) is 0.671. The number of nitrogens with one attached hydrogen (secondary N) is 2. The maximum absolute atomic E-state index is 11.3. The van der Waals surface area contributed by atoms with Gasteiger partial charge < -0.3 is 15.5 Å². The van der Waals surface area contributed by atoms with E-state index in [1.807, 2.05) is 48.6 Å². The Morgan fingerprint density at radius 2 is 1.43 bits per heavy atom. The van der Waals surface area contributed by atoms with E-state index in [-0.39, 0.29) is 17.7 Å². The Morgan fingerprint density at radius 1 is 1.00 bits per heavy atom. The smallest absolute Gasteiger partial charge is 0.219 e. The number of amides is 1. The summed E-state index contributed by atoms with van der Waals surface area (Å²) in [4.78, 5) is 24.1. The summed E-state index contributed by atoms with van der Waals surface area (Å²) in [6.07, 6.45) is 0.293. The second-order valence-electron chi connectivity index (χ2n) is 4.11. The number of carbonyl (C=O) groups excluding carboxylic acids is 2. The fourth-order valence-electron chi connectivity index (χ4n) is 1.45. The van der Waals surface area contributed by atoms with E-state index in [2.05, 4.69) is 17.2 Å². The molecule has 23 heavy (non-hydrogen) atoms. The highest BCUT2D eigenvalue weighted by Gasteiger charge is 2.21. The third-order valence-electron chi connectivity index (χ3n) is 2.57. The fourth-order valence-corrected chi connectivity index (χ4v) is 1.45. The average Bonchev–Trinajstić information content (AvgIpc) is 2.57. The van der Waals surface area contributed by atoms with Crippen molar-refractivity contribution in [2.45, 2.75) is 67.9 Å². The standard InChI is InChI=1S/C12H23N3O2.3C2H6/c1-9(16)8-12(15(5)11(3)17)10(2)14-7-6-13-4;3*1-2/h12-14H,2,6-8H2,1,3-5H3;3*1-2H3. The Balaban J connectivity index is -0.000000267. The molecule has 0 aliphatic carbocycles. The minimum atomic E-state index is -0.276. The SMILES string of the molecule is C=C(NCCNC)C(CC(C)=O)N(C)C(C)=O.CC.CC.CC. The molecule has 0 aliphatic heterocycles. The molecule has 2 N–H and O–H groups in total. The van der Waals surface area contributed by atoms with Crippen LogP contribution in [0.2, 0.25) is 0 Å². The molecule has 1 amide bonds. The molecule has 0 bridgehead atoms. The molecule has 5 heteroatoms. The third-order valence-corrected chi connectivity index (χ3v) is 2.57. The number of ketones is 1. The molecule has 0 aromatic rings. The number of likely N-dealkylation sites (N-methyl/N-ethyl adjacent to an activating group) is 2. The van der Waals surface area contributed by atoms with Gasteiger partial charge in [-0.1, -0.05) is 48.1 Å². The van der Waals surface area contributed by atoms with Crippen molar-refractivity contribution >= 4 is 11.7 Å². The van der Waals surface area contributed by atoms with E-state index in [1.54, 1.807) is 7.05 Å². The lowest BCUT2D eigenvalue weighted by Crippen LogP contribution is -2.42. The first-order valence-electron chi connectivity index (χ1n) is 8.70. The number of Topliss-reactive ketones (excluding diaryl/α,β-unsaturated/α-hetero) is 1. The molecule has 5 nitrogen and oxygen atoms in total. The van der Waals surface area contributed by atoms with Crippen LogP contribution < -0.4 is 10.6 Å². The van der Waals surface area contributed by atoms with E-state index in [0.29, 0.717) is 12.1 Å². The first-order chi connectivity index (χ1) is 10.9. The van der Waals surface area contributed by atoms with Crippen LogP contribution in [-0.2, 0) is 9.59 Å². The maximum Gasteiger partial charge on any atom is 0.219 e. The monoisotopic (exact) mass is 331 g/mol. The largest absolute Gasteiger partial charge is 0.386 e. The summed E-state index contributed by atoms with van der Waals surface area (Å²) >= 11 is 0. The van der Waals surface area contributed by atoms with Gasteiger partial charge in [-0.3, -0.25) is 9.59 Å². The Hall–Kier alpha value is -1.36. The van der Waals surface area contributed by atoms with E-state index in [1.165, 1.54) is 18.7 Å². The van der Waals surface area contributed by atoms with Crippen LogP contribution >= 0.6 is 0 Å². The van der Waals surface area contributed by atoms with E-state index in [0.717, 1.165) is 13.1 Å². The van der Waals surface area contributed by atoms with Gasteiger partial charge in [0.15, 0.2) is 0 Å². The van der Waals surface area contributed by atoms with E-state index >= 15 is 0 Å². The summed E-state index contributed by atoms with van der Waals surface area (Å²) < 4.78 is 0. The number of hydrogen-bond donors (Lipinski definition) is 2. The first kappa shape index (κ1) is 29.6. The van der Waals surface area contributed by atoms with Crippen molar-refractivity contribution in [2.24, 2.45) is 0 Å². The highest BCUT2D eigenvalue weighted by Crippen LogP contribution is 2.10. The Kier molecular flexibility index (Phi) is 29.5.